The second-order valence-corrected chi connectivity index (χ2v) is 29.7. The number of nitrogens with one attached hydrogen (secondary N) is 3. The number of aryl methyl sites for hydroxylation is 2. The molecule has 0 aliphatic carbocycles. The van der Waals surface area contributed by atoms with Crippen LogP contribution in [0.1, 0.15) is 161 Å². The number of aromatic amines is 1. The molecule has 526 valence electrons. The van der Waals surface area contributed by atoms with Crippen LogP contribution in [0.4, 0.5) is 0 Å². The molecule has 2 saturated heterocycles. The Balaban J connectivity index is 1.08. The number of phosphoric acid groups is 1. The Morgan fingerprint density at radius 2 is 1.43 bits per heavy atom. The smallest absolute Gasteiger partial charge is 0.458 e. The molecule has 0 spiro atoms. The van der Waals surface area contributed by atoms with Crippen LogP contribution in [-0.4, -0.2) is 149 Å². The number of aliphatic hydroxyl groups excluding tert-OH is 1. The summed E-state index contributed by atoms with van der Waals surface area (Å²) in [6, 6.07) is 2.63. The summed E-state index contributed by atoms with van der Waals surface area (Å²) in [5.74, 6) is -8.27. The lowest BCUT2D eigenvalue weighted by Crippen LogP contribution is -2.56. The molecule has 6 aliphatic heterocycles. The quantitative estimate of drug-likeness (QED) is 0.0367. The number of amides is 7. The van der Waals surface area contributed by atoms with E-state index in [0.29, 0.717) is 56.4 Å². The van der Waals surface area contributed by atoms with Crippen LogP contribution in [0.3, 0.4) is 0 Å². The molecule has 8 bridgehead atoms. The van der Waals surface area contributed by atoms with Crippen molar-refractivity contribution in [2.75, 3.05) is 13.2 Å². The van der Waals surface area contributed by atoms with Crippen LogP contribution in [-0.2, 0) is 56.6 Å². The molecule has 0 saturated carbocycles. The number of imidazole rings is 1. The van der Waals surface area contributed by atoms with Crippen molar-refractivity contribution in [3.05, 3.63) is 75.8 Å². The number of H-pyrrole nitrogens is 1. The molecule has 0 radical (unpaired) electrons. The number of aliphatic hydroxyl groups is 1. The first kappa shape index (κ1) is 72.9. The first-order chi connectivity index (χ1) is 45.3. The molecule has 97 heavy (non-hydrogen) atoms. The fourth-order valence-corrected chi connectivity index (χ4v) is 17.1. The highest BCUT2D eigenvalue weighted by Gasteiger charge is 2.66. The molecule has 1 aromatic carbocycles. The number of primary amides is 6. The van der Waals surface area contributed by atoms with Crippen LogP contribution in [0.2, 0.25) is 0 Å². The number of phosphoric ester groups is 1. The third-order valence-electron chi connectivity index (χ3n) is 21.4. The van der Waals surface area contributed by atoms with E-state index in [-0.39, 0.29) is 82.9 Å². The van der Waals surface area contributed by atoms with Gasteiger partial charge in [-0.15, -0.1) is 5.10 Å². The summed E-state index contributed by atoms with van der Waals surface area (Å²) in [6.45, 7) is 19.2. The van der Waals surface area contributed by atoms with Crippen molar-refractivity contribution in [2.45, 2.75) is 189 Å². The van der Waals surface area contributed by atoms with Gasteiger partial charge >= 0.3 is 13.8 Å². The van der Waals surface area contributed by atoms with E-state index in [2.05, 4.69) is 31.0 Å². The van der Waals surface area contributed by atoms with Crippen LogP contribution >= 0.6 is 7.82 Å². The third kappa shape index (κ3) is 14.2. The minimum absolute atomic E-state index is 0.0391. The Morgan fingerprint density at radius 3 is 2.04 bits per heavy atom. The van der Waals surface area contributed by atoms with Gasteiger partial charge in [-0.1, -0.05) is 34.6 Å². The summed E-state index contributed by atoms with van der Waals surface area (Å²) in [7, 11) is -5.21. The first-order valence-electron chi connectivity index (χ1n) is 32.4. The number of hydrogen-bond donors (Lipinski definition) is 11. The van der Waals surface area contributed by atoms with Crippen molar-refractivity contribution in [1.29, 1.82) is 0 Å². The minimum Gasteiger partial charge on any atom is -0.458 e. The van der Waals surface area contributed by atoms with Crippen molar-refractivity contribution in [2.24, 2.45) is 94.7 Å². The van der Waals surface area contributed by atoms with E-state index < -0.39 is 149 Å². The largest absolute Gasteiger partial charge is 0.472 e. The Bertz CT molecular complexity index is 3950. The number of aromatic nitrogens is 5. The topological polar surface area (TPSA) is 508 Å². The van der Waals surface area contributed by atoms with Gasteiger partial charge in [-0.3, -0.25) is 57.6 Å². The van der Waals surface area contributed by atoms with Crippen molar-refractivity contribution < 1.29 is 71.4 Å². The number of hydrogen-bond acceptors (Lipinski definition) is 21. The molecule has 8 heterocycles. The van der Waals surface area contributed by atoms with E-state index in [1.54, 1.807) is 0 Å². The molecule has 2 aromatic heterocycles. The number of aliphatic imine (C=N–C) groups is 3. The average Bonchev–Trinajstić information content (AvgIpc) is 1.53. The maximum absolute atomic E-state index is 14.5. The number of esters is 1. The Hall–Kier alpha value is -8.35. The monoisotopic (exact) mass is 1370 g/mol. The van der Waals surface area contributed by atoms with E-state index in [1.807, 2.05) is 87.4 Å². The molecule has 6 aliphatic rings. The number of allylic oxidation sites excluding steroid dienone is 6. The lowest BCUT2D eigenvalue weighted by atomic mass is 9.55. The molecule has 17 N–H and O–H groups in total. The summed E-state index contributed by atoms with van der Waals surface area (Å²) < 4.78 is 38.5. The number of nitrogens with two attached hydrogens (primary N) is 6. The number of fused-ring (bicyclic) bond motifs is 7. The van der Waals surface area contributed by atoms with Gasteiger partial charge in [0.15, 0.2) is 11.9 Å². The van der Waals surface area contributed by atoms with E-state index in [9.17, 15) is 52.9 Å². The van der Waals surface area contributed by atoms with E-state index in [1.165, 1.54) is 17.8 Å². The zero-order chi connectivity index (χ0) is 71.4. The van der Waals surface area contributed by atoms with Gasteiger partial charge in [0, 0.05) is 131 Å². The molecule has 7 amide bonds. The summed E-state index contributed by atoms with van der Waals surface area (Å²) in [5.41, 5.74) is 36.9. The van der Waals surface area contributed by atoms with E-state index >= 15 is 0 Å². The van der Waals surface area contributed by atoms with Crippen LogP contribution in [0, 0.1) is 59.2 Å². The summed E-state index contributed by atoms with van der Waals surface area (Å²) in [5, 5.41) is 28.0. The number of benzene rings is 1. The number of nitrogens with zero attached hydrogens (tertiary/aromatic N) is 7. The number of carbonyl (C=O) groups excluding carboxylic acids is 8. The molecule has 2 fully saturated rings. The van der Waals surface area contributed by atoms with Gasteiger partial charge in [0.05, 0.1) is 41.2 Å². The van der Waals surface area contributed by atoms with Gasteiger partial charge in [-0.2, -0.15) is 10.3 Å². The number of carbonyl (C=O) groups is 8. The van der Waals surface area contributed by atoms with E-state index in [0.717, 1.165) is 17.3 Å². The summed E-state index contributed by atoms with van der Waals surface area (Å²) >= 11 is 0. The van der Waals surface area contributed by atoms with Crippen molar-refractivity contribution >= 4 is 83.3 Å². The van der Waals surface area contributed by atoms with Gasteiger partial charge in [-0.05, 0) is 108 Å². The molecule has 1 unspecified atom stereocenters. The standard InChI is InChI=1S/C65H91N16O15P/c1-30-20-40-42(21-31(30)2)81(29-73-40)59-54(89)55(43(94-59)28-93-60(90)41-27-74-80-79-41)96-97(91,92)95-32(3)26-72-51(88)18-19-62(8)38(22-48(69)85)58-65(11)64(10,25-50(71)87)37(14-17-47(68)84)53(78-65)34(5)57-63(9,24-49(70)86)35(12-15-45(66)82)39(75-57)23-44-61(6,7)36(13-16-46(67)83)52(76-44)33(4)56(62)77-58/h20-21,23,27,29,32,35-38,43,54-55,58-59,75,89H,12-19,22,24-26,28H2,1-11H3,(H2,66,82)(H2,67,83)(H2,68,84)(H2,69,85)(H2,70,86)(H2,71,87)(H,72,88)(H,91,92)(H,74,79,80)/b39-23-,52-33-,57-34-/t32-,35-,36-,37-,38+,43-,54-,55-,58-,59+,62-,63+,64+,65+/m1/s1. The Kier molecular flexibility index (Phi) is 20.7. The lowest BCUT2D eigenvalue weighted by Gasteiger charge is -2.48. The second kappa shape index (κ2) is 27.5. The number of ether oxygens (including phenoxy) is 2. The molecule has 9 rings (SSSR count). The molecule has 3 aromatic rings. The lowest BCUT2D eigenvalue weighted by molar-refractivity contribution is -0.124. The maximum atomic E-state index is 14.5. The zero-order valence-electron chi connectivity index (χ0n) is 56.6. The molecule has 31 nitrogen and oxygen atoms in total. The SMILES string of the molecule is C/C1=C2N=C(/C=C3\N/C(=C(/C)C4=N[C@@](C)([C@@H]5N=C1[C@](C)(CCC(=O)NC[C@@H](C)OP(=O)(O)O[C@H]1[C@@H](O)[C@@H](n6cnc7cc(C)c(C)cc76)O[C@@H]1COC(=O)c1cn[nH]n1)[C@H]5CC(N)=O)[C@@](C)(CC(N)=O)[C@@H]4CCC(N)=O)[C@@](C)(CC(N)=O)[C@@H]3CCC(N)=O)C(C)(C)[C@@H]/2CCC(N)=O. The second-order valence-electron chi connectivity index (χ2n) is 28.4. The van der Waals surface area contributed by atoms with Crippen molar-refractivity contribution in [3.8, 4) is 0 Å². The number of rotatable bonds is 28. The fourth-order valence-electron chi connectivity index (χ4n) is 16.0. The molecule has 15 atom stereocenters. The van der Waals surface area contributed by atoms with Gasteiger partial charge < -0.3 is 69.1 Å². The highest BCUT2D eigenvalue weighted by atomic mass is 31.2. The maximum Gasteiger partial charge on any atom is 0.472 e. The normalized spacial score (nSPS) is 32.5. The van der Waals surface area contributed by atoms with Crippen molar-refractivity contribution in [3.63, 3.8) is 0 Å². The predicted octanol–water partition coefficient (Wildman–Crippen LogP) is 3.15. The highest BCUT2D eigenvalue weighted by Crippen LogP contribution is 2.63. The van der Waals surface area contributed by atoms with Crippen LogP contribution in [0.5, 0.6) is 0 Å². The van der Waals surface area contributed by atoms with Crippen LogP contribution < -0.4 is 45.0 Å². The Labute approximate surface area is 560 Å². The fraction of sp³-hybridized carbons (Fsp3) is 0.600. The first-order valence-corrected chi connectivity index (χ1v) is 33.9. The highest BCUT2D eigenvalue weighted by molar-refractivity contribution is 7.47. The summed E-state index contributed by atoms with van der Waals surface area (Å²) in [4.78, 5) is 139. The van der Waals surface area contributed by atoms with E-state index in [4.69, 9.17) is 67.9 Å². The molecule has 32 heteroatoms. The minimum atomic E-state index is -5.21. The average molecular weight is 1370 g/mol. The third-order valence-corrected chi connectivity index (χ3v) is 22.6. The molecular weight excluding hydrogens is 1280 g/mol. The van der Waals surface area contributed by atoms with Crippen LogP contribution in [0.25, 0.3) is 11.0 Å². The van der Waals surface area contributed by atoms with Gasteiger partial charge in [0.1, 0.15) is 24.9 Å². The van der Waals surface area contributed by atoms with Crippen molar-refractivity contribution in [1.82, 2.24) is 35.6 Å². The van der Waals surface area contributed by atoms with Gasteiger partial charge in [0.25, 0.3) is 0 Å². The predicted molar refractivity (Wildman–Crippen MR) is 353 cm³/mol. The zero-order valence-corrected chi connectivity index (χ0v) is 57.5. The van der Waals surface area contributed by atoms with Crippen LogP contribution in [0.15, 0.2) is 73.9 Å². The molecular formula is C65H91N16O15P. The summed E-state index contributed by atoms with van der Waals surface area (Å²) in [6.07, 6.45) is -3.84. The van der Waals surface area contributed by atoms with Gasteiger partial charge in [-0.25, -0.2) is 14.3 Å². The van der Waals surface area contributed by atoms with Gasteiger partial charge in [0.2, 0.25) is 41.4 Å². The Morgan fingerprint density at radius 1 is 0.804 bits per heavy atom.